The van der Waals surface area contributed by atoms with Gasteiger partial charge in [-0.2, -0.15) is 0 Å². The zero-order chi connectivity index (χ0) is 6.69. The normalized spacial score (nSPS) is 32.0. The topological polar surface area (TPSA) is 29.5 Å². The van der Waals surface area contributed by atoms with Crippen molar-refractivity contribution in [3.05, 3.63) is 0 Å². The van der Waals surface area contributed by atoms with Crippen molar-refractivity contribution in [3.8, 4) is 0 Å². The number of hydrogen-bond acceptors (Lipinski definition) is 2. The van der Waals surface area contributed by atoms with Gasteiger partial charge < -0.3 is 9.84 Å². The summed E-state index contributed by atoms with van der Waals surface area (Å²) in [6, 6.07) is 0. The Morgan fingerprint density at radius 1 is 1.67 bits per heavy atom. The lowest BCUT2D eigenvalue weighted by atomic mass is 9.97. The number of aliphatic hydroxyl groups is 1. The standard InChI is InChI=1S/C7H14O2/c1-6(8)7-3-2-4-9-5-7/h6-8H,2-5H2,1H3/t6-,7+/m0/s1. The van der Waals surface area contributed by atoms with Gasteiger partial charge in [-0.25, -0.2) is 0 Å². The highest BCUT2D eigenvalue weighted by Gasteiger charge is 2.17. The van der Waals surface area contributed by atoms with E-state index < -0.39 is 0 Å². The Hall–Kier alpha value is -0.0800. The minimum Gasteiger partial charge on any atom is -0.393 e. The molecule has 1 fully saturated rings. The summed E-state index contributed by atoms with van der Waals surface area (Å²) >= 11 is 0. The fraction of sp³-hybridized carbons (Fsp3) is 1.00. The van der Waals surface area contributed by atoms with Crippen LogP contribution < -0.4 is 0 Å². The molecule has 0 amide bonds. The van der Waals surface area contributed by atoms with Crippen molar-refractivity contribution in [1.29, 1.82) is 0 Å². The van der Waals surface area contributed by atoms with Crippen molar-refractivity contribution in [2.45, 2.75) is 25.9 Å². The van der Waals surface area contributed by atoms with Crippen molar-refractivity contribution >= 4 is 0 Å². The molecule has 54 valence electrons. The van der Waals surface area contributed by atoms with Gasteiger partial charge in [0.2, 0.25) is 0 Å². The van der Waals surface area contributed by atoms with Gasteiger partial charge in [0.15, 0.2) is 0 Å². The average molecular weight is 130 g/mol. The first-order chi connectivity index (χ1) is 4.30. The van der Waals surface area contributed by atoms with Gasteiger partial charge in [-0.15, -0.1) is 0 Å². The van der Waals surface area contributed by atoms with Crippen LogP contribution in [0.2, 0.25) is 0 Å². The Balaban J connectivity index is 2.23. The summed E-state index contributed by atoms with van der Waals surface area (Å²) in [6.07, 6.45) is 2.04. The predicted octanol–water partition coefficient (Wildman–Crippen LogP) is 0.794. The molecule has 0 aromatic carbocycles. The Morgan fingerprint density at radius 2 is 2.44 bits per heavy atom. The van der Waals surface area contributed by atoms with Crippen molar-refractivity contribution < 1.29 is 9.84 Å². The molecule has 1 N–H and O–H groups in total. The zero-order valence-electron chi connectivity index (χ0n) is 5.84. The smallest absolute Gasteiger partial charge is 0.0562 e. The molecule has 1 rings (SSSR count). The van der Waals surface area contributed by atoms with Gasteiger partial charge in [-0.3, -0.25) is 0 Å². The fourth-order valence-electron chi connectivity index (χ4n) is 1.15. The highest BCUT2D eigenvalue weighted by atomic mass is 16.5. The van der Waals surface area contributed by atoms with Crippen molar-refractivity contribution in [2.24, 2.45) is 5.92 Å². The highest BCUT2D eigenvalue weighted by molar-refractivity contribution is 4.67. The molecule has 0 saturated carbocycles. The van der Waals surface area contributed by atoms with Crippen LogP contribution in [-0.2, 0) is 4.74 Å². The van der Waals surface area contributed by atoms with Crippen LogP contribution in [-0.4, -0.2) is 24.4 Å². The van der Waals surface area contributed by atoms with Crippen LogP contribution in [0.1, 0.15) is 19.8 Å². The summed E-state index contributed by atoms with van der Waals surface area (Å²) in [5, 5.41) is 9.10. The summed E-state index contributed by atoms with van der Waals surface area (Å²) in [5.41, 5.74) is 0. The molecule has 0 spiro atoms. The van der Waals surface area contributed by atoms with Crippen LogP contribution >= 0.6 is 0 Å². The van der Waals surface area contributed by atoms with Gasteiger partial charge in [0.1, 0.15) is 0 Å². The van der Waals surface area contributed by atoms with Crippen LogP contribution in [0.15, 0.2) is 0 Å². The fourth-order valence-corrected chi connectivity index (χ4v) is 1.15. The first-order valence-corrected chi connectivity index (χ1v) is 3.56. The molecule has 1 aliphatic rings. The minimum atomic E-state index is -0.190. The molecule has 0 radical (unpaired) electrons. The largest absolute Gasteiger partial charge is 0.393 e. The second kappa shape index (κ2) is 3.18. The third-order valence-corrected chi connectivity index (χ3v) is 1.88. The molecule has 2 atom stereocenters. The van der Waals surface area contributed by atoms with E-state index in [1.54, 1.807) is 0 Å². The lowest BCUT2D eigenvalue weighted by Crippen LogP contribution is -2.26. The predicted molar refractivity (Wildman–Crippen MR) is 35.2 cm³/mol. The van der Waals surface area contributed by atoms with Gasteiger partial charge in [-0.1, -0.05) is 0 Å². The van der Waals surface area contributed by atoms with Gasteiger partial charge >= 0.3 is 0 Å². The Bertz CT molecular complexity index is 75.0. The summed E-state index contributed by atoms with van der Waals surface area (Å²) in [5.74, 6) is 0.388. The molecule has 1 aliphatic heterocycles. The maximum atomic E-state index is 9.10. The molecule has 9 heavy (non-hydrogen) atoms. The van der Waals surface area contributed by atoms with Crippen LogP contribution in [0, 0.1) is 5.92 Å². The molecule has 2 nitrogen and oxygen atoms in total. The third kappa shape index (κ3) is 1.95. The Morgan fingerprint density at radius 3 is 2.78 bits per heavy atom. The molecule has 2 heteroatoms. The molecule has 1 saturated heterocycles. The lowest BCUT2D eigenvalue weighted by Gasteiger charge is -2.23. The molecule has 0 aromatic rings. The zero-order valence-corrected chi connectivity index (χ0v) is 5.84. The van der Waals surface area contributed by atoms with Gasteiger partial charge in [0, 0.05) is 12.5 Å². The van der Waals surface area contributed by atoms with E-state index in [-0.39, 0.29) is 6.10 Å². The summed E-state index contributed by atoms with van der Waals surface area (Å²) in [6.45, 7) is 3.46. The van der Waals surface area contributed by atoms with Gasteiger partial charge in [0.05, 0.1) is 12.7 Å². The minimum absolute atomic E-state index is 0.190. The third-order valence-electron chi connectivity index (χ3n) is 1.88. The number of rotatable bonds is 1. The molecule has 0 unspecified atom stereocenters. The summed E-state index contributed by atoms with van der Waals surface area (Å²) in [7, 11) is 0. The maximum absolute atomic E-state index is 9.10. The van der Waals surface area contributed by atoms with Gasteiger partial charge in [-0.05, 0) is 19.8 Å². The van der Waals surface area contributed by atoms with Crippen LogP contribution in [0.25, 0.3) is 0 Å². The first kappa shape index (κ1) is 7.03. The quantitative estimate of drug-likeness (QED) is 0.568. The van der Waals surface area contributed by atoms with Crippen molar-refractivity contribution in [2.75, 3.05) is 13.2 Å². The monoisotopic (exact) mass is 130 g/mol. The van der Waals surface area contributed by atoms with Crippen molar-refractivity contribution in [3.63, 3.8) is 0 Å². The number of hydrogen-bond donors (Lipinski definition) is 1. The number of ether oxygens (including phenoxy) is 1. The average Bonchev–Trinajstić information content (AvgIpc) is 1.90. The molecule has 0 aromatic heterocycles. The van der Waals surface area contributed by atoms with E-state index in [0.29, 0.717) is 5.92 Å². The molecule has 0 aliphatic carbocycles. The maximum Gasteiger partial charge on any atom is 0.0562 e. The molecule has 0 bridgehead atoms. The van der Waals surface area contributed by atoms with E-state index in [1.807, 2.05) is 6.92 Å². The summed E-state index contributed by atoms with van der Waals surface area (Å²) < 4.78 is 5.18. The van der Waals surface area contributed by atoms with E-state index >= 15 is 0 Å². The van der Waals surface area contributed by atoms with E-state index in [1.165, 1.54) is 0 Å². The summed E-state index contributed by atoms with van der Waals surface area (Å²) in [4.78, 5) is 0. The van der Waals surface area contributed by atoms with E-state index in [4.69, 9.17) is 9.84 Å². The Labute approximate surface area is 55.8 Å². The van der Waals surface area contributed by atoms with E-state index in [9.17, 15) is 0 Å². The van der Waals surface area contributed by atoms with Crippen LogP contribution in [0.4, 0.5) is 0 Å². The molecular weight excluding hydrogens is 116 g/mol. The van der Waals surface area contributed by atoms with Crippen molar-refractivity contribution in [1.82, 2.24) is 0 Å². The molecular formula is C7H14O2. The highest BCUT2D eigenvalue weighted by Crippen LogP contribution is 2.16. The van der Waals surface area contributed by atoms with Crippen LogP contribution in [0.3, 0.4) is 0 Å². The van der Waals surface area contributed by atoms with Gasteiger partial charge in [0.25, 0.3) is 0 Å². The first-order valence-electron chi connectivity index (χ1n) is 3.56. The number of aliphatic hydroxyl groups excluding tert-OH is 1. The second-order valence-corrected chi connectivity index (χ2v) is 2.72. The van der Waals surface area contributed by atoms with E-state index in [0.717, 1.165) is 26.1 Å². The Kier molecular flexibility index (Phi) is 2.49. The van der Waals surface area contributed by atoms with Crippen LogP contribution in [0.5, 0.6) is 0 Å². The molecule has 1 heterocycles. The SMILES string of the molecule is C[C@H](O)[C@@H]1CCCOC1. The second-order valence-electron chi connectivity index (χ2n) is 2.72. The lowest BCUT2D eigenvalue weighted by molar-refractivity contribution is -0.00174. The van der Waals surface area contributed by atoms with E-state index in [2.05, 4.69) is 0 Å².